The Bertz CT molecular complexity index is 450. The summed E-state index contributed by atoms with van der Waals surface area (Å²) in [6.07, 6.45) is 0. The minimum absolute atomic E-state index is 0.0169. The molecule has 7 heteroatoms. The summed E-state index contributed by atoms with van der Waals surface area (Å²) in [7, 11) is 0.628. The molecule has 2 nitrogen and oxygen atoms in total. The molecule has 19 heavy (non-hydrogen) atoms. The van der Waals surface area contributed by atoms with E-state index in [0.717, 1.165) is 11.1 Å². The summed E-state index contributed by atoms with van der Waals surface area (Å²) in [6.45, 7) is 10.3. The van der Waals surface area contributed by atoms with Crippen LogP contribution in [0.5, 0.6) is 0 Å². The molecule has 0 aromatic heterocycles. The first-order chi connectivity index (χ1) is 8.68. The molecule has 0 spiro atoms. The number of hydrogen-bond acceptors (Lipinski definition) is 2. The molecule has 1 aromatic rings. The van der Waals surface area contributed by atoms with E-state index in [1.54, 1.807) is 0 Å². The topological polar surface area (TPSA) is 26.3 Å². The summed E-state index contributed by atoms with van der Waals surface area (Å²) < 4.78 is 16.0. The second-order valence-electron chi connectivity index (χ2n) is 5.04. The van der Waals surface area contributed by atoms with Gasteiger partial charge < -0.3 is 0 Å². The van der Waals surface area contributed by atoms with Gasteiger partial charge in [-0.25, -0.2) is 4.21 Å². The Hall–Kier alpha value is 1.66. The second-order valence-corrected chi connectivity index (χ2v) is 18.2. The summed E-state index contributed by atoms with van der Waals surface area (Å²) in [5, 5.41) is 0. The molecule has 1 rings (SSSR count). The molecule has 1 aromatic carbocycles. The molecule has 0 aliphatic heterocycles. The second kappa shape index (κ2) is 9.63. The third kappa shape index (κ3) is 6.97. The van der Waals surface area contributed by atoms with Crippen molar-refractivity contribution in [3.63, 3.8) is 0 Å². The van der Waals surface area contributed by atoms with Crippen LogP contribution in [0.4, 0.5) is 0 Å². The number of halogens is 3. The van der Waals surface area contributed by atoms with E-state index in [1.807, 2.05) is 19.1 Å². The zero-order valence-corrected chi connectivity index (χ0v) is 18.7. The van der Waals surface area contributed by atoms with Crippen molar-refractivity contribution in [3.05, 3.63) is 28.8 Å². The predicted octanol–water partition coefficient (Wildman–Crippen LogP) is 5.56. The molecule has 0 fully saturated rings. The molecule has 0 aliphatic rings. The first kappa shape index (κ1) is 20.7. The quantitative estimate of drug-likeness (QED) is 0.439. The van der Waals surface area contributed by atoms with E-state index in [4.69, 9.17) is 11.9 Å². The summed E-state index contributed by atoms with van der Waals surface area (Å²) in [4.78, 5) is 0.644. The Morgan fingerprint density at radius 2 is 1.68 bits per heavy atom. The maximum atomic E-state index is 11.6. The third-order valence-corrected chi connectivity index (χ3v) is 3.82. The van der Waals surface area contributed by atoms with E-state index < -0.39 is 11.1 Å². The van der Waals surface area contributed by atoms with Crippen molar-refractivity contribution in [1.29, 1.82) is 0 Å². The van der Waals surface area contributed by atoms with Gasteiger partial charge in [-0.3, -0.25) is 0 Å². The van der Waals surface area contributed by atoms with E-state index in [1.165, 1.54) is 5.56 Å². The number of benzene rings is 1. The number of rotatable bonds is 2. The van der Waals surface area contributed by atoms with Crippen LogP contribution in [0.1, 0.15) is 37.5 Å². The Balaban J connectivity index is 0.000000982. The van der Waals surface area contributed by atoms with Crippen LogP contribution < -0.4 is 0 Å². The van der Waals surface area contributed by atoms with Crippen LogP contribution in [-0.2, 0) is 29.7 Å². The van der Waals surface area contributed by atoms with Crippen LogP contribution in [0.25, 0.3) is 0 Å². The molecular formula is C12H17ClI2O2SV. The van der Waals surface area contributed by atoms with Gasteiger partial charge in [-0.05, 0) is 42.0 Å². The van der Waals surface area contributed by atoms with Crippen LogP contribution in [0.2, 0.25) is 0 Å². The molecule has 0 radical (unpaired) electrons. The Kier molecular flexibility index (Phi) is 10.5. The molecule has 0 bridgehead atoms. The van der Waals surface area contributed by atoms with Crippen LogP contribution >= 0.6 is 51.8 Å². The molecule has 0 N–H and O–H groups in total. The normalized spacial score (nSPS) is 12.4. The fraction of sp³-hybridized carbons (Fsp3) is 0.500. The molecule has 0 aliphatic carbocycles. The number of aryl methyl sites for hydroxylation is 2. The van der Waals surface area contributed by atoms with Crippen molar-refractivity contribution >= 4 is 62.9 Å². The van der Waals surface area contributed by atoms with Gasteiger partial charge in [-0.1, -0.05) is 26.8 Å². The van der Waals surface area contributed by atoms with Gasteiger partial charge >= 0.3 is 49.4 Å². The Labute approximate surface area is 152 Å². The molecule has 0 saturated heterocycles. The van der Waals surface area contributed by atoms with E-state index in [-0.39, 0.29) is 5.41 Å². The van der Waals surface area contributed by atoms with Crippen LogP contribution in [0.3, 0.4) is 0 Å². The maximum absolute atomic E-state index is 11.6. The van der Waals surface area contributed by atoms with Gasteiger partial charge in [0.2, 0.25) is 11.1 Å². The Morgan fingerprint density at radius 3 is 2.05 bits per heavy atom. The third-order valence-electron chi connectivity index (χ3n) is 2.57. The van der Waals surface area contributed by atoms with Gasteiger partial charge in [-0.15, -0.1) is 0 Å². The summed E-state index contributed by atoms with van der Waals surface area (Å²) in [5.41, 5.74) is 3.31. The predicted molar refractivity (Wildman–Crippen MR) is 96.0 cm³/mol. The van der Waals surface area contributed by atoms with Crippen molar-refractivity contribution in [3.8, 4) is 0 Å². The van der Waals surface area contributed by atoms with Crippen molar-refractivity contribution in [2.45, 2.75) is 44.9 Å². The monoisotopic (exact) mass is 565 g/mol. The van der Waals surface area contributed by atoms with E-state index in [0.29, 0.717) is 14.4 Å². The van der Waals surface area contributed by atoms with Crippen molar-refractivity contribution in [1.82, 2.24) is 0 Å². The first-order valence-corrected chi connectivity index (χ1v) is 15.8. The molecule has 0 heterocycles. The molecule has 1 unspecified atom stereocenters. The summed E-state index contributed by atoms with van der Waals surface area (Å²) in [6, 6.07) is 3.94. The van der Waals surface area contributed by atoms with Gasteiger partial charge in [-0.2, -0.15) is 3.74 Å². The van der Waals surface area contributed by atoms with Crippen LogP contribution in [0.15, 0.2) is 17.0 Å². The van der Waals surface area contributed by atoms with Crippen LogP contribution in [-0.4, -0.2) is 4.21 Å². The summed E-state index contributed by atoms with van der Waals surface area (Å²) >= 11 is 8.31. The van der Waals surface area contributed by atoms with Crippen molar-refractivity contribution in [2.75, 3.05) is 0 Å². The van der Waals surface area contributed by atoms with E-state index in [9.17, 15) is 4.21 Å². The average molecular weight is 566 g/mol. The Morgan fingerprint density at radius 1 is 1.21 bits per heavy atom. The molecular weight excluding hydrogens is 548 g/mol. The zero-order chi connectivity index (χ0) is 15.2. The summed E-state index contributed by atoms with van der Waals surface area (Å²) in [5.74, 6) is 0. The molecule has 0 amide bonds. The van der Waals surface area contributed by atoms with Gasteiger partial charge in [0.1, 0.15) is 0 Å². The minimum atomic E-state index is -1.59. The first-order valence-electron chi connectivity index (χ1n) is 5.43. The van der Waals surface area contributed by atoms with Crippen molar-refractivity contribution < 1.29 is 17.4 Å². The SMILES string of the molecule is Cc1cc(C)c(C(C)(C)C)cc1S(=O)OCl.[I][V][I]. The molecule has 109 valence electrons. The van der Waals surface area contributed by atoms with Gasteiger partial charge in [0.15, 0.2) is 0 Å². The zero-order valence-electron chi connectivity index (χ0n) is 11.5. The van der Waals surface area contributed by atoms with Gasteiger partial charge in [0.25, 0.3) is 0 Å². The number of hydrogen-bond donors (Lipinski definition) is 0. The average Bonchev–Trinajstić information content (AvgIpc) is 2.27. The van der Waals surface area contributed by atoms with Crippen LogP contribution in [0, 0.1) is 13.8 Å². The molecule has 0 saturated carbocycles. The standard InChI is InChI=1S/C12H17ClO2S.2HI.V/c1-8-6-9(2)11(16(14)15-13)7-10(8)12(3,4)5;;;/h6-7H,1-5H3;2*1H;/q;;;+2/p-2. The fourth-order valence-electron chi connectivity index (χ4n) is 1.85. The fourth-order valence-corrected chi connectivity index (χ4v) is 2.66. The molecule has 1 atom stereocenters. The van der Waals surface area contributed by atoms with E-state index in [2.05, 4.69) is 71.4 Å². The van der Waals surface area contributed by atoms with Gasteiger partial charge in [0.05, 0.1) is 16.8 Å². The van der Waals surface area contributed by atoms with Crippen molar-refractivity contribution in [2.24, 2.45) is 0 Å². The van der Waals surface area contributed by atoms with E-state index >= 15 is 0 Å². The van der Waals surface area contributed by atoms with Gasteiger partial charge in [0, 0.05) is 0 Å².